The lowest BCUT2D eigenvalue weighted by Crippen LogP contribution is -2.57. The molecular formula is C11H19N3O2S. The third-order valence-corrected chi connectivity index (χ3v) is 4.27. The molecule has 0 aliphatic carbocycles. The van der Waals surface area contributed by atoms with Crippen molar-refractivity contribution in [2.45, 2.75) is 30.9 Å². The van der Waals surface area contributed by atoms with Crippen LogP contribution in [0.4, 0.5) is 0 Å². The number of aromatic nitrogens is 1. The third-order valence-electron chi connectivity index (χ3n) is 3.47. The summed E-state index contributed by atoms with van der Waals surface area (Å²) < 4.78 is 11.1. The van der Waals surface area contributed by atoms with Gasteiger partial charge in [0.2, 0.25) is 0 Å². The van der Waals surface area contributed by atoms with Gasteiger partial charge in [-0.1, -0.05) is 0 Å². The van der Waals surface area contributed by atoms with Gasteiger partial charge >= 0.3 is 0 Å². The topological polar surface area (TPSA) is 69.4 Å². The van der Waals surface area contributed by atoms with Crippen molar-refractivity contribution >= 4 is 11.3 Å². The maximum absolute atomic E-state index is 5.74. The smallest absolute Gasteiger partial charge is 0.0891 e. The van der Waals surface area contributed by atoms with E-state index in [9.17, 15) is 0 Å². The van der Waals surface area contributed by atoms with Crippen molar-refractivity contribution in [1.29, 1.82) is 0 Å². The molecule has 1 unspecified atom stereocenters. The van der Waals surface area contributed by atoms with Crippen LogP contribution in [0, 0.1) is 0 Å². The van der Waals surface area contributed by atoms with Crippen molar-refractivity contribution in [3.05, 3.63) is 16.6 Å². The van der Waals surface area contributed by atoms with Crippen molar-refractivity contribution in [1.82, 2.24) is 10.4 Å². The van der Waals surface area contributed by atoms with Crippen molar-refractivity contribution in [3.8, 4) is 0 Å². The van der Waals surface area contributed by atoms with Gasteiger partial charge in [0, 0.05) is 50.7 Å². The molecule has 6 heteroatoms. The minimum atomic E-state index is -0.225. The first-order valence-corrected chi connectivity index (χ1v) is 6.65. The maximum Gasteiger partial charge on any atom is 0.0891 e. The van der Waals surface area contributed by atoms with Gasteiger partial charge in [-0.05, 0) is 0 Å². The lowest BCUT2D eigenvalue weighted by atomic mass is 9.84. The number of nitrogens with zero attached hydrogens (tertiary/aromatic N) is 1. The molecule has 0 bridgehead atoms. The van der Waals surface area contributed by atoms with E-state index in [1.54, 1.807) is 18.4 Å². The number of nitrogens with one attached hydrogen (secondary N) is 1. The summed E-state index contributed by atoms with van der Waals surface area (Å²) in [6.07, 6.45) is 4.47. The molecule has 1 aliphatic heterocycles. The van der Waals surface area contributed by atoms with Gasteiger partial charge in [-0.2, -0.15) is 0 Å². The Kier molecular flexibility index (Phi) is 4.47. The molecule has 0 amide bonds. The van der Waals surface area contributed by atoms with E-state index >= 15 is 0 Å². The Balaban J connectivity index is 2.09. The van der Waals surface area contributed by atoms with E-state index in [1.165, 1.54) is 4.88 Å². The quantitative estimate of drug-likeness (QED) is 0.600. The summed E-state index contributed by atoms with van der Waals surface area (Å²) in [5.74, 6) is 5.69. The van der Waals surface area contributed by atoms with Crippen LogP contribution in [0.5, 0.6) is 0 Å². The Morgan fingerprint density at radius 1 is 1.65 bits per heavy atom. The molecule has 3 N–H and O–H groups in total. The summed E-state index contributed by atoms with van der Waals surface area (Å²) >= 11 is 1.65. The molecule has 1 aromatic heterocycles. The van der Waals surface area contributed by atoms with E-state index in [0.29, 0.717) is 0 Å². The predicted octanol–water partition coefficient (Wildman–Crippen LogP) is 0.713. The van der Waals surface area contributed by atoms with Crippen LogP contribution in [0.1, 0.15) is 17.7 Å². The molecule has 1 aromatic rings. The lowest BCUT2D eigenvalue weighted by molar-refractivity contribution is -0.110. The Morgan fingerprint density at radius 3 is 2.94 bits per heavy atom. The van der Waals surface area contributed by atoms with E-state index in [4.69, 9.17) is 15.3 Å². The number of hydrogen-bond donors (Lipinski definition) is 2. The summed E-state index contributed by atoms with van der Waals surface area (Å²) in [4.78, 5) is 5.31. The second-order valence-corrected chi connectivity index (χ2v) is 5.24. The SMILES string of the molecule is COC1(C(Cc2cncs2)NN)CCOCC1. The standard InChI is InChI=1S/C11H19N3O2S/c1-15-11(2-4-16-5-3-11)10(14-12)6-9-7-13-8-17-9/h7-8,10,14H,2-6,12H2,1H3. The van der Waals surface area contributed by atoms with Crippen LogP contribution in [0.15, 0.2) is 11.7 Å². The van der Waals surface area contributed by atoms with Gasteiger partial charge in [0.15, 0.2) is 0 Å². The van der Waals surface area contributed by atoms with Crippen molar-refractivity contribution in [2.24, 2.45) is 5.84 Å². The number of hydrazine groups is 1. The minimum Gasteiger partial charge on any atom is -0.381 e. The summed E-state index contributed by atoms with van der Waals surface area (Å²) in [6, 6.07) is 0.0943. The molecule has 2 rings (SSSR count). The highest BCUT2D eigenvalue weighted by molar-refractivity contribution is 7.09. The fourth-order valence-electron chi connectivity index (χ4n) is 2.35. The molecule has 2 heterocycles. The Labute approximate surface area is 105 Å². The van der Waals surface area contributed by atoms with Gasteiger partial charge in [-0.15, -0.1) is 11.3 Å². The number of methoxy groups -OCH3 is 1. The predicted molar refractivity (Wildman–Crippen MR) is 66.7 cm³/mol. The first-order valence-electron chi connectivity index (χ1n) is 5.77. The molecular weight excluding hydrogens is 238 g/mol. The first kappa shape index (κ1) is 12.9. The molecule has 0 aromatic carbocycles. The van der Waals surface area contributed by atoms with E-state index in [1.807, 2.05) is 11.7 Å². The van der Waals surface area contributed by atoms with E-state index in [-0.39, 0.29) is 11.6 Å². The summed E-state index contributed by atoms with van der Waals surface area (Å²) in [7, 11) is 1.75. The molecule has 0 radical (unpaired) electrons. The van der Waals surface area contributed by atoms with E-state index < -0.39 is 0 Å². The van der Waals surface area contributed by atoms with Gasteiger partial charge in [0.25, 0.3) is 0 Å². The van der Waals surface area contributed by atoms with Crippen molar-refractivity contribution < 1.29 is 9.47 Å². The second-order valence-electron chi connectivity index (χ2n) is 4.27. The van der Waals surface area contributed by atoms with Crippen LogP contribution in [-0.4, -0.2) is 37.0 Å². The molecule has 1 aliphatic rings. The summed E-state index contributed by atoms with van der Waals surface area (Å²) in [5.41, 5.74) is 4.51. The number of thiazole rings is 1. The largest absolute Gasteiger partial charge is 0.381 e. The zero-order valence-electron chi connectivity index (χ0n) is 10.0. The lowest BCUT2D eigenvalue weighted by Gasteiger charge is -2.41. The highest BCUT2D eigenvalue weighted by Gasteiger charge is 2.40. The molecule has 0 saturated carbocycles. The average molecular weight is 257 g/mol. The normalized spacial score (nSPS) is 21.3. The van der Waals surface area contributed by atoms with Crippen LogP contribution < -0.4 is 11.3 Å². The maximum atomic E-state index is 5.74. The zero-order valence-corrected chi connectivity index (χ0v) is 10.8. The fraction of sp³-hybridized carbons (Fsp3) is 0.727. The molecule has 1 atom stereocenters. The minimum absolute atomic E-state index is 0.0943. The Morgan fingerprint density at radius 2 is 2.41 bits per heavy atom. The molecule has 5 nitrogen and oxygen atoms in total. The van der Waals surface area contributed by atoms with Gasteiger partial charge in [0.1, 0.15) is 0 Å². The van der Waals surface area contributed by atoms with Crippen LogP contribution in [0.3, 0.4) is 0 Å². The van der Waals surface area contributed by atoms with Crippen LogP contribution >= 0.6 is 11.3 Å². The molecule has 1 saturated heterocycles. The van der Waals surface area contributed by atoms with Crippen molar-refractivity contribution in [2.75, 3.05) is 20.3 Å². The number of hydrogen-bond acceptors (Lipinski definition) is 6. The van der Waals surface area contributed by atoms with Crippen LogP contribution in [0.25, 0.3) is 0 Å². The molecule has 0 spiro atoms. The van der Waals surface area contributed by atoms with E-state index in [0.717, 1.165) is 32.5 Å². The first-order chi connectivity index (χ1) is 8.30. The molecule has 96 valence electrons. The zero-order chi connectivity index (χ0) is 12.1. The van der Waals surface area contributed by atoms with Crippen molar-refractivity contribution in [3.63, 3.8) is 0 Å². The molecule has 1 fully saturated rings. The summed E-state index contributed by atoms with van der Waals surface area (Å²) in [6.45, 7) is 1.46. The highest BCUT2D eigenvalue weighted by atomic mass is 32.1. The Hall–Kier alpha value is -0.530. The Bertz CT molecular complexity index is 325. The number of nitrogens with two attached hydrogens (primary N) is 1. The van der Waals surface area contributed by atoms with Gasteiger partial charge in [-0.25, -0.2) is 0 Å². The second kappa shape index (κ2) is 5.88. The monoisotopic (exact) mass is 257 g/mol. The highest BCUT2D eigenvalue weighted by Crippen LogP contribution is 2.30. The van der Waals surface area contributed by atoms with Gasteiger partial charge in [0.05, 0.1) is 17.2 Å². The number of ether oxygens (including phenoxy) is 2. The van der Waals surface area contributed by atoms with Gasteiger partial charge < -0.3 is 9.47 Å². The number of rotatable bonds is 5. The summed E-state index contributed by atoms with van der Waals surface area (Å²) in [5, 5.41) is 0. The van der Waals surface area contributed by atoms with Crippen LogP contribution in [0.2, 0.25) is 0 Å². The average Bonchev–Trinajstić information content (AvgIpc) is 2.89. The van der Waals surface area contributed by atoms with E-state index in [2.05, 4.69) is 10.4 Å². The molecule has 17 heavy (non-hydrogen) atoms. The van der Waals surface area contributed by atoms with Crippen LogP contribution in [-0.2, 0) is 15.9 Å². The fourth-order valence-corrected chi connectivity index (χ4v) is 2.99. The van der Waals surface area contributed by atoms with Gasteiger partial charge in [-0.3, -0.25) is 16.3 Å². The third kappa shape index (κ3) is 2.83.